The van der Waals surface area contributed by atoms with Crippen LogP contribution < -0.4 is 10.5 Å². The largest absolute Gasteiger partial charge is 0.456 e. The van der Waals surface area contributed by atoms with Crippen LogP contribution in [0.5, 0.6) is 11.5 Å². The molecular weight excluding hydrogens is 272 g/mol. The Bertz CT molecular complexity index is 567. The van der Waals surface area contributed by atoms with E-state index in [-0.39, 0.29) is 4.99 Å². The van der Waals surface area contributed by atoms with E-state index in [0.717, 1.165) is 12.2 Å². The molecule has 0 amide bonds. The highest BCUT2D eigenvalue weighted by Gasteiger charge is 2.01. The van der Waals surface area contributed by atoms with Crippen molar-refractivity contribution in [2.45, 2.75) is 6.42 Å². The molecule has 0 aliphatic carbocycles. The van der Waals surface area contributed by atoms with Crippen LogP contribution in [0.2, 0.25) is 0 Å². The van der Waals surface area contributed by atoms with E-state index < -0.39 is 0 Å². The number of rotatable bonds is 6. The number of aromatic nitrogens is 1. The van der Waals surface area contributed by atoms with Gasteiger partial charge in [-0.2, -0.15) is 0 Å². The van der Waals surface area contributed by atoms with Crippen LogP contribution in [-0.2, 0) is 11.2 Å². The lowest BCUT2D eigenvalue weighted by atomic mass is 10.1. The summed E-state index contributed by atoms with van der Waals surface area (Å²) in [6.45, 7) is 0.713. The van der Waals surface area contributed by atoms with Crippen molar-refractivity contribution in [1.29, 1.82) is 0 Å². The third-order valence-electron chi connectivity index (χ3n) is 2.74. The van der Waals surface area contributed by atoms with E-state index in [4.69, 9.17) is 27.4 Å². The fourth-order valence-electron chi connectivity index (χ4n) is 1.67. The van der Waals surface area contributed by atoms with Crippen LogP contribution >= 0.6 is 12.2 Å². The summed E-state index contributed by atoms with van der Waals surface area (Å²) < 4.78 is 10.7. The number of pyridine rings is 1. The van der Waals surface area contributed by atoms with Crippen molar-refractivity contribution in [1.82, 2.24) is 4.98 Å². The summed E-state index contributed by atoms with van der Waals surface area (Å²) >= 11 is 4.85. The number of nitrogens with two attached hydrogens (primary N) is 1. The van der Waals surface area contributed by atoms with E-state index in [0.29, 0.717) is 18.1 Å². The maximum atomic E-state index is 5.69. The minimum absolute atomic E-state index is 0.277. The van der Waals surface area contributed by atoms with Crippen molar-refractivity contribution in [3.05, 3.63) is 53.9 Å². The van der Waals surface area contributed by atoms with Gasteiger partial charge in [0.25, 0.3) is 0 Å². The molecule has 2 aromatic rings. The second-order valence-corrected chi connectivity index (χ2v) is 4.67. The molecule has 0 aliphatic rings. The highest BCUT2D eigenvalue weighted by Crippen LogP contribution is 2.21. The smallest absolute Gasteiger partial charge is 0.145 e. The van der Waals surface area contributed by atoms with Crippen molar-refractivity contribution in [2.75, 3.05) is 13.7 Å². The van der Waals surface area contributed by atoms with E-state index in [9.17, 15) is 0 Å². The van der Waals surface area contributed by atoms with Crippen molar-refractivity contribution >= 4 is 17.2 Å². The molecule has 0 saturated heterocycles. The van der Waals surface area contributed by atoms with Gasteiger partial charge in [0.05, 0.1) is 18.5 Å². The third-order valence-corrected chi connectivity index (χ3v) is 2.95. The SMILES string of the molecule is COCCc1ccc(Oc2ccc(C(N)=S)nc2)cc1. The first-order chi connectivity index (χ1) is 9.69. The topological polar surface area (TPSA) is 57.4 Å². The van der Waals surface area contributed by atoms with Crippen LogP contribution in [0.1, 0.15) is 11.3 Å². The number of hydrogen-bond acceptors (Lipinski definition) is 4. The summed E-state index contributed by atoms with van der Waals surface area (Å²) in [7, 11) is 1.70. The second kappa shape index (κ2) is 6.98. The van der Waals surface area contributed by atoms with Crippen molar-refractivity contribution in [3.63, 3.8) is 0 Å². The van der Waals surface area contributed by atoms with Crippen LogP contribution in [0.25, 0.3) is 0 Å². The predicted octanol–water partition coefficient (Wildman–Crippen LogP) is 2.70. The minimum atomic E-state index is 0.277. The minimum Gasteiger partial charge on any atom is -0.456 e. The molecule has 0 fully saturated rings. The number of ether oxygens (including phenoxy) is 2. The zero-order valence-corrected chi connectivity index (χ0v) is 12.0. The summed E-state index contributed by atoms with van der Waals surface area (Å²) in [6.07, 6.45) is 2.49. The zero-order chi connectivity index (χ0) is 14.4. The lowest BCUT2D eigenvalue weighted by Gasteiger charge is -2.07. The number of benzene rings is 1. The van der Waals surface area contributed by atoms with Crippen LogP contribution in [-0.4, -0.2) is 23.7 Å². The van der Waals surface area contributed by atoms with Crippen molar-refractivity contribution in [3.8, 4) is 11.5 Å². The molecule has 104 valence electrons. The van der Waals surface area contributed by atoms with Gasteiger partial charge in [-0.1, -0.05) is 24.4 Å². The van der Waals surface area contributed by atoms with E-state index in [1.165, 1.54) is 5.56 Å². The molecule has 1 heterocycles. The molecule has 4 nitrogen and oxygen atoms in total. The number of nitrogens with zero attached hydrogens (tertiary/aromatic N) is 1. The maximum absolute atomic E-state index is 5.69. The van der Waals surface area contributed by atoms with Gasteiger partial charge in [0.15, 0.2) is 0 Å². The van der Waals surface area contributed by atoms with Gasteiger partial charge in [0.2, 0.25) is 0 Å². The first kappa shape index (κ1) is 14.4. The average Bonchev–Trinajstić information content (AvgIpc) is 2.47. The van der Waals surface area contributed by atoms with E-state index in [1.807, 2.05) is 24.3 Å². The second-order valence-electron chi connectivity index (χ2n) is 4.23. The first-order valence-electron chi connectivity index (χ1n) is 6.20. The quantitative estimate of drug-likeness (QED) is 0.828. The Balaban J connectivity index is 2.00. The molecule has 0 spiro atoms. The molecule has 20 heavy (non-hydrogen) atoms. The fraction of sp³-hybridized carbons (Fsp3) is 0.200. The monoisotopic (exact) mass is 288 g/mol. The van der Waals surface area contributed by atoms with Gasteiger partial charge >= 0.3 is 0 Å². The number of methoxy groups -OCH3 is 1. The molecule has 0 radical (unpaired) electrons. The summed E-state index contributed by atoms with van der Waals surface area (Å²) in [5, 5.41) is 0. The van der Waals surface area contributed by atoms with Crippen molar-refractivity contribution < 1.29 is 9.47 Å². The molecule has 1 aromatic carbocycles. The molecular formula is C15H16N2O2S. The molecule has 5 heteroatoms. The summed E-state index contributed by atoms with van der Waals surface area (Å²) in [5.41, 5.74) is 7.29. The Morgan fingerprint density at radius 1 is 1.15 bits per heavy atom. The van der Waals surface area contributed by atoms with E-state index in [2.05, 4.69) is 4.98 Å². The maximum Gasteiger partial charge on any atom is 0.145 e. The number of thiocarbonyl (C=S) groups is 1. The van der Waals surface area contributed by atoms with Crippen LogP contribution in [0.4, 0.5) is 0 Å². The average molecular weight is 288 g/mol. The highest BCUT2D eigenvalue weighted by molar-refractivity contribution is 7.80. The van der Waals surface area contributed by atoms with E-state index >= 15 is 0 Å². The normalized spacial score (nSPS) is 10.2. The van der Waals surface area contributed by atoms with Gasteiger partial charge in [0, 0.05) is 7.11 Å². The lowest BCUT2D eigenvalue weighted by Crippen LogP contribution is -2.10. The summed E-state index contributed by atoms with van der Waals surface area (Å²) in [4.78, 5) is 4.40. The Hall–Kier alpha value is -1.98. The van der Waals surface area contributed by atoms with Gasteiger partial charge in [-0.15, -0.1) is 0 Å². The van der Waals surface area contributed by atoms with Crippen LogP contribution in [0.15, 0.2) is 42.6 Å². The molecule has 0 unspecified atom stereocenters. The molecule has 0 saturated carbocycles. The Morgan fingerprint density at radius 3 is 2.40 bits per heavy atom. The Labute approximate surface area is 123 Å². The van der Waals surface area contributed by atoms with Crippen LogP contribution in [0, 0.1) is 0 Å². The molecule has 0 bridgehead atoms. The summed E-state index contributed by atoms with van der Waals surface area (Å²) in [5.74, 6) is 1.41. The van der Waals surface area contributed by atoms with Crippen molar-refractivity contribution in [2.24, 2.45) is 5.73 Å². The Morgan fingerprint density at radius 2 is 1.85 bits per heavy atom. The van der Waals surface area contributed by atoms with Crippen LogP contribution in [0.3, 0.4) is 0 Å². The molecule has 0 aliphatic heterocycles. The molecule has 2 N–H and O–H groups in total. The van der Waals surface area contributed by atoms with E-state index in [1.54, 1.807) is 25.4 Å². The third kappa shape index (κ3) is 4.01. The van der Waals surface area contributed by atoms with Gasteiger partial charge in [-0.25, -0.2) is 4.98 Å². The first-order valence-corrected chi connectivity index (χ1v) is 6.61. The Kier molecular flexibility index (Phi) is 5.03. The van der Waals surface area contributed by atoms with Gasteiger partial charge in [0.1, 0.15) is 16.5 Å². The van der Waals surface area contributed by atoms with Gasteiger partial charge in [-0.3, -0.25) is 0 Å². The highest BCUT2D eigenvalue weighted by atomic mass is 32.1. The molecule has 2 rings (SSSR count). The molecule has 1 aromatic heterocycles. The standard InChI is InChI=1S/C15H16N2O2S/c1-18-9-8-11-2-4-12(5-3-11)19-13-6-7-14(15(16)20)17-10-13/h2-7,10H,8-9H2,1H3,(H2,16,20). The fourth-order valence-corrected chi connectivity index (χ4v) is 1.79. The summed E-state index contributed by atoms with van der Waals surface area (Å²) in [6, 6.07) is 11.4. The van der Waals surface area contributed by atoms with Gasteiger partial charge < -0.3 is 15.2 Å². The van der Waals surface area contributed by atoms with Gasteiger partial charge in [-0.05, 0) is 36.2 Å². The molecule has 0 atom stereocenters. The lowest BCUT2D eigenvalue weighted by molar-refractivity contribution is 0.202. The number of hydrogen-bond donors (Lipinski definition) is 1. The predicted molar refractivity (Wildman–Crippen MR) is 82.2 cm³/mol. The zero-order valence-electron chi connectivity index (χ0n) is 11.2.